The molecule has 0 aliphatic heterocycles. The average molecular weight is 320 g/mol. The van der Waals surface area contributed by atoms with E-state index in [9.17, 15) is 4.79 Å². The van der Waals surface area contributed by atoms with Crippen LogP contribution in [0.3, 0.4) is 0 Å². The molecule has 0 aliphatic rings. The lowest BCUT2D eigenvalue weighted by molar-refractivity contribution is 0.0950. The summed E-state index contributed by atoms with van der Waals surface area (Å²) in [5, 5.41) is 5.24. The Morgan fingerprint density at radius 2 is 1.52 bits per heavy atom. The van der Waals surface area contributed by atoms with E-state index in [1.165, 1.54) is 6.26 Å². The topological polar surface area (TPSA) is 47.2 Å². The number of amides is 1. The molecule has 4 aromatic rings. The van der Waals surface area contributed by atoms with Crippen molar-refractivity contribution in [2.75, 3.05) is 0 Å². The van der Waals surface area contributed by atoms with E-state index >= 15 is 0 Å². The van der Waals surface area contributed by atoms with Gasteiger partial charge >= 0.3 is 0 Å². The van der Waals surface area contributed by atoms with Gasteiger partial charge in [0.05, 0.1) is 17.3 Å². The van der Waals surface area contributed by atoms with Gasteiger partial charge in [-0.05, 0) is 36.5 Å². The number of rotatable bonds is 1. The Bertz CT molecular complexity index is 978. The van der Waals surface area contributed by atoms with Crippen LogP contribution in [-0.4, -0.2) is 15.6 Å². The first-order chi connectivity index (χ1) is 11.3. The van der Waals surface area contributed by atoms with Gasteiger partial charge < -0.3 is 4.42 Å². The molecule has 0 saturated carbocycles. The average Bonchev–Trinajstić information content (AvgIpc) is 3.21. The van der Waals surface area contributed by atoms with Crippen LogP contribution in [0.25, 0.3) is 21.8 Å². The van der Waals surface area contributed by atoms with Gasteiger partial charge in [0.2, 0.25) is 0 Å². The van der Waals surface area contributed by atoms with E-state index in [0.717, 1.165) is 21.8 Å². The summed E-state index contributed by atoms with van der Waals surface area (Å²) >= 11 is 5.47. The van der Waals surface area contributed by atoms with Crippen LogP contribution in [0.1, 0.15) is 10.6 Å². The number of carbonyl (C=O) groups excluding carboxylic acids is 1. The number of hydrogen-bond donors (Lipinski definition) is 1. The molecule has 0 saturated heterocycles. The van der Waals surface area contributed by atoms with Crippen molar-refractivity contribution in [1.82, 2.24) is 9.88 Å². The van der Waals surface area contributed by atoms with Gasteiger partial charge in [-0.2, -0.15) is 0 Å². The van der Waals surface area contributed by atoms with Crippen LogP contribution in [0.4, 0.5) is 0 Å². The highest BCUT2D eigenvalue weighted by atomic mass is 32.1. The van der Waals surface area contributed by atoms with Crippen molar-refractivity contribution < 1.29 is 9.21 Å². The zero-order valence-corrected chi connectivity index (χ0v) is 12.8. The van der Waals surface area contributed by atoms with E-state index in [-0.39, 0.29) is 11.7 Å². The first-order valence-corrected chi connectivity index (χ1v) is 7.54. The zero-order chi connectivity index (χ0) is 15.8. The van der Waals surface area contributed by atoms with Gasteiger partial charge in [0, 0.05) is 10.8 Å². The lowest BCUT2D eigenvalue weighted by Crippen LogP contribution is -2.33. The summed E-state index contributed by atoms with van der Waals surface area (Å²) in [5.41, 5.74) is 1.91. The number of fused-ring (bicyclic) bond motifs is 3. The summed E-state index contributed by atoms with van der Waals surface area (Å²) < 4.78 is 6.98. The lowest BCUT2D eigenvalue weighted by atomic mass is 10.2. The molecule has 5 heteroatoms. The summed E-state index contributed by atoms with van der Waals surface area (Å²) in [6.07, 6.45) is 1.46. The molecule has 0 fully saturated rings. The minimum atomic E-state index is -0.359. The Kier molecular flexibility index (Phi) is 3.20. The molecule has 1 amide bonds. The molecule has 4 nitrogen and oxygen atoms in total. The Morgan fingerprint density at radius 3 is 2.09 bits per heavy atom. The number of aromatic nitrogens is 1. The summed E-state index contributed by atoms with van der Waals surface area (Å²) in [6, 6.07) is 19.2. The minimum Gasteiger partial charge on any atom is -0.459 e. The summed E-state index contributed by atoms with van der Waals surface area (Å²) in [7, 11) is 0. The van der Waals surface area contributed by atoms with Crippen LogP contribution < -0.4 is 5.32 Å². The standard InChI is InChI=1S/C18H12N2O2S/c21-17(16-10-5-11-22-16)19-18(23)20-14-8-3-1-6-12(14)13-7-2-4-9-15(13)20/h1-11H,(H,19,21,23). The van der Waals surface area contributed by atoms with Gasteiger partial charge in [-0.3, -0.25) is 14.7 Å². The van der Waals surface area contributed by atoms with E-state index in [4.69, 9.17) is 16.6 Å². The normalized spacial score (nSPS) is 11.0. The van der Waals surface area contributed by atoms with E-state index in [0.29, 0.717) is 5.11 Å². The van der Waals surface area contributed by atoms with Crippen LogP contribution in [0.2, 0.25) is 0 Å². The maximum atomic E-state index is 12.2. The Hall–Kier alpha value is -2.92. The third-order valence-electron chi connectivity index (χ3n) is 3.75. The molecule has 1 N–H and O–H groups in total. The van der Waals surface area contributed by atoms with Crippen molar-refractivity contribution in [3.8, 4) is 0 Å². The van der Waals surface area contributed by atoms with Crippen molar-refractivity contribution in [3.05, 3.63) is 72.7 Å². The molecule has 0 radical (unpaired) electrons. The third kappa shape index (κ3) is 2.22. The molecular weight excluding hydrogens is 308 g/mol. The Balaban J connectivity index is 1.83. The molecule has 0 aliphatic carbocycles. The lowest BCUT2D eigenvalue weighted by Gasteiger charge is -2.09. The van der Waals surface area contributed by atoms with Crippen molar-refractivity contribution in [3.63, 3.8) is 0 Å². The number of furan rings is 1. The minimum absolute atomic E-state index is 0.230. The first-order valence-electron chi connectivity index (χ1n) is 7.13. The smallest absolute Gasteiger partial charge is 0.293 e. The molecule has 2 aromatic carbocycles. The van der Waals surface area contributed by atoms with Gasteiger partial charge in [-0.25, -0.2) is 0 Å². The molecule has 112 valence electrons. The van der Waals surface area contributed by atoms with Crippen LogP contribution in [0.15, 0.2) is 71.3 Å². The molecule has 23 heavy (non-hydrogen) atoms. The number of para-hydroxylation sites is 2. The van der Waals surface area contributed by atoms with E-state index in [1.807, 2.05) is 53.1 Å². The molecule has 0 atom stereocenters. The molecule has 0 bridgehead atoms. The number of nitrogens with zero attached hydrogens (tertiary/aromatic N) is 1. The predicted molar refractivity (Wildman–Crippen MR) is 93.6 cm³/mol. The Labute approximate surface area is 137 Å². The second-order valence-corrected chi connectivity index (χ2v) is 5.49. The highest BCUT2D eigenvalue weighted by Gasteiger charge is 2.16. The number of thiocarbonyl (C=S) groups is 1. The van der Waals surface area contributed by atoms with Gasteiger partial charge in [0.15, 0.2) is 10.9 Å². The number of hydrogen-bond acceptors (Lipinski definition) is 3. The SMILES string of the molecule is O=C(NC(=S)n1c2ccccc2c2ccccc21)c1ccco1. The zero-order valence-electron chi connectivity index (χ0n) is 12.0. The van der Waals surface area contributed by atoms with Gasteiger partial charge in [-0.1, -0.05) is 36.4 Å². The van der Waals surface area contributed by atoms with E-state index in [1.54, 1.807) is 12.1 Å². The molecular formula is C18H12N2O2S. The molecule has 0 unspecified atom stereocenters. The summed E-state index contributed by atoms with van der Waals surface area (Å²) in [4.78, 5) is 12.2. The van der Waals surface area contributed by atoms with Crippen LogP contribution in [0.5, 0.6) is 0 Å². The largest absolute Gasteiger partial charge is 0.459 e. The maximum Gasteiger partial charge on any atom is 0.293 e. The molecule has 0 spiro atoms. The van der Waals surface area contributed by atoms with Crippen molar-refractivity contribution in [2.45, 2.75) is 0 Å². The fourth-order valence-electron chi connectivity index (χ4n) is 2.76. The fourth-order valence-corrected chi connectivity index (χ4v) is 3.05. The van der Waals surface area contributed by atoms with Crippen LogP contribution >= 0.6 is 12.2 Å². The second-order valence-electron chi connectivity index (χ2n) is 5.11. The third-order valence-corrected chi connectivity index (χ3v) is 4.03. The van der Waals surface area contributed by atoms with E-state index in [2.05, 4.69) is 5.32 Å². The van der Waals surface area contributed by atoms with Crippen LogP contribution in [0, 0.1) is 0 Å². The molecule has 2 aromatic heterocycles. The first kappa shape index (κ1) is 13.7. The van der Waals surface area contributed by atoms with Gasteiger partial charge in [0.1, 0.15) is 0 Å². The number of carbonyl (C=O) groups is 1. The number of nitrogens with one attached hydrogen (secondary N) is 1. The predicted octanol–water partition coefficient (Wildman–Crippen LogP) is 3.95. The van der Waals surface area contributed by atoms with Crippen molar-refractivity contribution >= 4 is 45.0 Å². The van der Waals surface area contributed by atoms with Crippen LogP contribution in [-0.2, 0) is 0 Å². The summed E-state index contributed by atoms with van der Waals surface area (Å²) in [5.74, 6) is -0.130. The van der Waals surface area contributed by atoms with E-state index < -0.39 is 0 Å². The van der Waals surface area contributed by atoms with Gasteiger partial charge in [-0.15, -0.1) is 0 Å². The Morgan fingerprint density at radius 1 is 0.913 bits per heavy atom. The summed E-state index contributed by atoms with van der Waals surface area (Å²) in [6.45, 7) is 0. The molecule has 2 heterocycles. The highest BCUT2D eigenvalue weighted by Crippen LogP contribution is 2.28. The second kappa shape index (κ2) is 5.37. The quantitative estimate of drug-likeness (QED) is 0.540. The number of benzene rings is 2. The monoisotopic (exact) mass is 320 g/mol. The maximum absolute atomic E-state index is 12.2. The van der Waals surface area contributed by atoms with Crippen molar-refractivity contribution in [1.29, 1.82) is 0 Å². The fraction of sp³-hybridized carbons (Fsp3) is 0. The van der Waals surface area contributed by atoms with Crippen molar-refractivity contribution in [2.24, 2.45) is 0 Å². The molecule has 4 rings (SSSR count). The van der Waals surface area contributed by atoms with Gasteiger partial charge in [0.25, 0.3) is 5.91 Å². The highest BCUT2D eigenvalue weighted by molar-refractivity contribution is 7.80.